The largest absolute Gasteiger partial charge is 0.394 e. The second-order valence-electron chi connectivity index (χ2n) is 3.32. The molecule has 2 rings (SSSR count). The topological polar surface area (TPSA) is 76.3 Å². The van der Waals surface area contributed by atoms with E-state index in [4.69, 9.17) is 10.5 Å². The summed E-state index contributed by atoms with van der Waals surface area (Å²) >= 11 is 0. The Morgan fingerprint density at radius 2 is 2.20 bits per heavy atom. The van der Waals surface area contributed by atoms with Crippen LogP contribution in [0.25, 0.3) is 0 Å². The van der Waals surface area contributed by atoms with E-state index in [0.29, 0.717) is 17.5 Å². The summed E-state index contributed by atoms with van der Waals surface area (Å²) in [5.41, 5.74) is 6.26. The molecule has 0 saturated carbocycles. The molecular weight excluding hydrogens is 194 g/mol. The fraction of sp³-hybridized carbons (Fsp3) is 0.556. The third-order valence-corrected chi connectivity index (χ3v) is 2.34. The smallest absolute Gasteiger partial charge is 0.227 e. The maximum Gasteiger partial charge on any atom is 0.227 e. The SMILES string of the molecule is CNc1nc(N2CCOCC2)ncc1N. The van der Waals surface area contributed by atoms with Crippen LogP contribution < -0.4 is 16.0 Å². The highest BCUT2D eigenvalue weighted by Gasteiger charge is 2.14. The minimum atomic E-state index is 0.564. The van der Waals surface area contributed by atoms with Gasteiger partial charge in [-0.15, -0.1) is 0 Å². The Bertz CT molecular complexity index is 337. The number of hydrogen-bond acceptors (Lipinski definition) is 6. The lowest BCUT2D eigenvalue weighted by Crippen LogP contribution is -2.37. The minimum absolute atomic E-state index is 0.564. The van der Waals surface area contributed by atoms with Gasteiger partial charge in [-0.25, -0.2) is 4.98 Å². The summed E-state index contributed by atoms with van der Waals surface area (Å²) in [6, 6.07) is 0. The first-order valence-electron chi connectivity index (χ1n) is 4.94. The van der Waals surface area contributed by atoms with Crippen LogP contribution in [0, 0.1) is 0 Å². The quantitative estimate of drug-likeness (QED) is 0.710. The van der Waals surface area contributed by atoms with E-state index in [1.54, 1.807) is 13.2 Å². The second kappa shape index (κ2) is 4.31. The highest BCUT2D eigenvalue weighted by molar-refractivity contribution is 5.61. The standard InChI is InChI=1S/C9H15N5O/c1-11-8-7(10)6-12-9(13-8)14-2-4-15-5-3-14/h6H,2-5,10H2,1H3,(H,11,12,13). The Kier molecular flexibility index (Phi) is 2.86. The van der Waals surface area contributed by atoms with Crippen LogP contribution in [-0.2, 0) is 4.74 Å². The van der Waals surface area contributed by atoms with Gasteiger partial charge in [0.1, 0.15) is 0 Å². The Hall–Kier alpha value is -1.56. The average Bonchev–Trinajstić information content (AvgIpc) is 2.31. The molecule has 1 saturated heterocycles. The van der Waals surface area contributed by atoms with Crippen molar-refractivity contribution >= 4 is 17.5 Å². The number of nitrogen functional groups attached to an aromatic ring is 1. The van der Waals surface area contributed by atoms with E-state index in [0.717, 1.165) is 26.3 Å². The summed E-state index contributed by atoms with van der Waals surface area (Å²) in [7, 11) is 1.79. The molecule has 1 aromatic rings. The molecule has 0 aliphatic carbocycles. The van der Waals surface area contributed by atoms with Crippen molar-refractivity contribution in [1.82, 2.24) is 9.97 Å². The summed E-state index contributed by atoms with van der Waals surface area (Å²) in [5, 5.41) is 2.94. The van der Waals surface area contributed by atoms with Crippen LogP contribution in [0.15, 0.2) is 6.20 Å². The summed E-state index contributed by atoms with van der Waals surface area (Å²) in [4.78, 5) is 10.6. The van der Waals surface area contributed by atoms with Crippen molar-refractivity contribution in [2.75, 3.05) is 49.3 Å². The van der Waals surface area contributed by atoms with Gasteiger partial charge in [0.25, 0.3) is 0 Å². The first kappa shape index (κ1) is 9.97. The Labute approximate surface area is 88.5 Å². The number of morpholine rings is 1. The Morgan fingerprint density at radius 1 is 1.47 bits per heavy atom. The van der Waals surface area contributed by atoms with Crippen LogP contribution in [0.4, 0.5) is 17.5 Å². The predicted molar refractivity (Wildman–Crippen MR) is 59.0 cm³/mol. The summed E-state index contributed by atoms with van der Waals surface area (Å²) in [6.45, 7) is 3.10. The van der Waals surface area contributed by atoms with Crippen LogP contribution in [0.2, 0.25) is 0 Å². The molecule has 6 heteroatoms. The van der Waals surface area contributed by atoms with E-state index in [9.17, 15) is 0 Å². The lowest BCUT2D eigenvalue weighted by molar-refractivity contribution is 0.122. The van der Waals surface area contributed by atoms with Gasteiger partial charge in [-0.1, -0.05) is 0 Å². The normalized spacial score (nSPS) is 16.5. The lowest BCUT2D eigenvalue weighted by atomic mass is 10.4. The van der Waals surface area contributed by atoms with Crippen molar-refractivity contribution in [3.05, 3.63) is 6.20 Å². The van der Waals surface area contributed by atoms with E-state index in [1.807, 2.05) is 0 Å². The van der Waals surface area contributed by atoms with Gasteiger partial charge in [0.05, 0.1) is 25.1 Å². The van der Waals surface area contributed by atoms with E-state index >= 15 is 0 Å². The van der Waals surface area contributed by atoms with E-state index in [-0.39, 0.29) is 0 Å². The molecule has 2 heterocycles. The summed E-state index contributed by atoms with van der Waals surface area (Å²) < 4.78 is 5.26. The van der Waals surface area contributed by atoms with Crippen LogP contribution in [0.3, 0.4) is 0 Å². The number of anilines is 3. The first-order valence-corrected chi connectivity index (χ1v) is 4.94. The zero-order valence-corrected chi connectivity index (χ0v) is 8.73. The molecule has 0 radical (unpaired) electrons. The van der Waals surface area contributed by atoms with Gasteiger partial charge < -0.3 is 20.7 Å². The first-order chi connectivity index (χ1) is 7.31. The highest BCUT2D eigenvalue weighted by atomic mass is 16.5. The van der Waals surface area contributed by atoms with Crippen LogP contribution in [0.5, 0.6) is 0 Å². The molecule has 1 fully saturated rings. The van der Waals surface area contributed by atoms with Crippen molar-refractivity contribution in [3.63, 3.8) is 0 Å². The maximum absolute atomic E-state index is 5.70. The molecular formula is C9H15N5O. The highest BCUT2D eigenvalue weighted by Crippen LogP contribution is 2.17. The fourth-order valence-electron chi connectivity index (χ4n) is 1.50. The molecule has 1 aliphatic rings. The Morgan fingerprint density at radius 3 is 2.87 bits per heavy atom. The molecule has 0 unspecified atom stereocenters. The average molecular weight is 209 g/mol. The number of nitrogens with one attached hydrogen (secondary N) is 1. The van der Waals surface area contributed by atoms with Crippen molar-refractivity contribution in [2.45, 2.75) is 0 Å². The molecule has 15 heavy (non-hydrogen) atoms. The molecule has 0 atom stereocenters. The molecule has 82 valence electrons. The molecule has 3 N–H and O–H groups in total. The Balaban J connectivity index is 2.20. The summed E-state index contributed by atoms with van der Waals surface area (Å²) in [5.74, 6) is 1.38. The lowest BCUT2D eigenvalue weighted by Gasteiger charge is -2.26. The van der Waals surface area contributed by atoms with E-state index in [2.05, 4.69) is 20.2 Å². The number of aromatic nitrogens is 2. The molecule has 6 nitrogen and oxygen atoms in total. The van der Waals surface area contributed by atoms with Gasteiger partial charge >= 0.3 is 0 Å². The molecule has 1 aliphatic heterocycles. The van der Waals surface area contributed by atoms with Crippen LogP contribution in [0.1, 0.15) is 0 Å². The van der Waals surface area contributed by atoms with Crippen molar-refractivity contribution in [1.29, 1.82) is 0 Å². The molecule has 0 amide bonds. The third kappa shape index (κ3) is 2.10. The summed E-state index contributed by atoms with van der Waals surface area (Å²) in [6.07, 6.45) is 1.63. The predicted octanol–water partition coefficient (Wildman–Crippen LogP) is -0.0629. The van der Waals surface area contributed by atoms with Gasteiger partial charge in [0.2, 0.25) is 5.95 Å². The van der Waals surface area contributed by atoms with Gasteiger partial charge in [-0.2, -0.15) is 4.98 Å². The van der Waals surface area contributed by atoms with Crippen molar-refractivity contribution in [2.24, 2.45) is 0 Å². The number of ether oxygens (including phenoxy) is 1. The molecule has 0 aromatic carbocycles. The maximum atomic E-state index is 5.70. The van der Waals surface area contributed by atoms with Crippen LogP contribution >= 0.6 is 0 Å². The molecule has 0 bridgehead atoms. The number of rotatable bonds is 2. The van der Waals surface area contributed by atoms with E-state index < -0.39 is 0 Å². The third-order valence-electron chi connectivity index (χ3n) is 2.34. The zero-order valence-electron chi connectivity index (χ0n) is 8.73. The van der Waals surface area contributed by atoms with Crippen LogP contribution in [-0.4, -0.2) is 43.3 Å². The van der Waals surface area contributed by atoms with Crippen molar-refractivity contribution < 1.29 is 4.74 Å². The second-order valence-corrected chi connectivity index (χ2v) is 3.32. The molecule has 0 spiro atoms. The fourth-order valence-corrected chi connectivity index (χ4v) is 1.50. The van der Waals surface area contributed by atoms with Gasteiger partial charge in [0, 0.05) is 20.1 Å². The monoisotopic (exact) mass is 209 g/mol. The number of nitrogens with two attached hydrogens (primary N) is 1. The van der Waals surface area contributed by atoms with E-state index in [1.165, 1.54) is 0 Å². The van der Waals surface area contributed by atoms with Gasteiger partial charge in [-0.05, 0) is 0 Å². The zero-order chi connectivity index (χ0) is 10.7. The number of hydrogen-bond donors (Lipinski definition) is 2. The molecule has 1 aromatic heterocycles. The van der Waals surface area contributed by atoms with Crippen molar-refractivity contribution in [3.8, 4) is 0 Å². The minimum Gasteiger partial charge on any atom is -0.394 e. The van der Waals surface area contributed by atoms with Gasteiger partial charge in [-0.3, -0.25) is 0 Å². The van der Waals surface area contributed by atoms with Gasteiger partial charge in [0.15, 0.2) is 5.82 Å². The number of nitrogens with zero attached hydrogens (tertiary/aromatic N) is 3.